The average Bonchev–Trinajstić information content (AvgIpc) is 2.91. The molecule has 1 fully saturated rings. The zero-order valence-corrected chi connectivity index (χ0v) is 10.8. The number of aliphatic hydroxyl groups excluding tert-OH is 1. The predicted octanol–water partition coefficient (Wildman–Crippen LogP) is 1.72. The molecule has 4 heteroatoms. The van der Waals surface area contributed by atoms with Gasteiger partial charge in [-0.15, -0.1) is 0 Å². The van der Waals surface area contributed by atoms with Crippen LogP contribution in [0.1, 0.15) is 12.0 Å². The fraction of sp³-hybridized carbons (Fsp3) is 0.357. The molecule has 1 aromatic rings. The summed E-state index contributed by atoms with van der Waals surface area (Å²) in [7, 11) is 0. The Balaban J connectivity index is 2.10. The molecular weight excluding hydrogens is 246 g/mol. The molecule has 1 amide bonds. The molecule has 2 N–H and O–H groups in total. The summed E-state index contributed by atoms with van der Waals surface area (Å²) in [5.41, 5.74) is 1.46. The summed E-state index contributed by atoms with van der Waals surface area (Å²) < 4.78 is 0. The van der Waals surface area contributed by atoms with Gasteiger partial charge in [-0.25, -0.2) is 0 Å². The number of carbonyl (C=O) groups excluding carboxylic acids is 1. The largest absolute Gasteiger partial charge is 0.384 e. The van der Waals surface area contributed by atoms with Gasteiger partial charge in [-0.1, -0.05) is 24.0 Å². The summed E-state index contributed by atoms with van der Waals surface area (Å²) in [6, 6.07) is 7.40. The van der Waals surface area contributed by atoms with Crippen molar-refractivity contribution in [2.75, 3.05) is 23.4 Å². The summed E-state index contributed by atoms with van der Waals surface area (Å²) in [6.45, 7) is -0.179. The van der Waals surface area contributed by atoms with E-state index in [1.54, 1.807) is 0 Å². The van der Waals surface area contributed by atoms with Crippen LogP contribution in [0, 0.1) is 17.8 Å². The maximum Gasteiger partial charge on any atom is 0.228 e. The molecule has 0 radical (unpaired) electrons. The lowest BCUT2D eigenvalue weighted by Crippen LogP contribution is -2.22. The van der Waals surface area contributed by atoms with Crippen LogP contribution >= 0.6 is 11.8 Å². The second-order valence-corrected chi connectivity index (χ2v) is 5.21. The lowest BCUT2D eigenvalue weighted by atomic mass is 10.1. The molecule has 2 rings (SSSR count). The van der Waals surface area contributed by atoms with Gasteiger partial charge in [-0.05, 0) is 24.3 Å². The number of rotatable bonds is 2. The van der Waals surface area contributed by atoms with Crippen LogP contribution in [0.4, 0.5) is 5.69 Å². The fourth-order valence-electron chi connectivity index (χ4n) is 1.81. The molecule has 0 saturated carbocycles. The molecule has 1 atom stereocenters. The predicted molar refractivity (Wildman–Crippen MR) is 74.5 cm³/mol. The van der Waals surface area contributed by atoms with Crippen molar-refractivity contribution in [3.05, 3.63) is 29.8 Å². The van der Waals surface area contributed by atoms with Crippen molar-refractivity contribution < 1.29 is 9.90 Å². The third-order valence-electron chi connectivity index (χ3n) is 2.79. The van der Waals surface area contributed by atoms with Crippen molar-refractivity contribution in [2.45, 2.75) is 6.42 Å². The first kappa shape index (κ1) is 13.0. The Kier molecular flexibility index (Phi) is 4.68. The van der Waals surface area contributed by atoms with Crippen molar-refractivity contribution in [3.63, 3.8) is 0 Å². The number of hydrogen-bond acceptors (Lipinski definition) is 3. The lowest BCUT2D eigenvalue weighted by molar-refractivity contribution is -0.119. The second-order valence-electron chi connectivity index (χ2n) is 4.06. The highest BCUT2D eigenvalue weighted by atomic mass is 32.2. The van der Waals surface area contributed by atoms with E-state index in [9.17, 15) is 4.79 Å². The maximum absolute atomic E-state index is 12.0. The number of hydrogen-bond donors (Lipinski definition) is 2. The van der Waals surface area contributed by atoms with Gasteiger partial charge in [-0.2, -0.15) is 11.8 Å². The summed E-state index contributed by atoms with van der Waals surface area (Å²) in [4.78, 5) is 12.0. The van der Waals surface area contributed by atoms with Gasteiger partial charge in [0.15, 0.2) is 0 Å². The van der Waals surface area contributed by atoms with Gasteiger partial charge >= 0.3 is 0 Å². The van der Waals surface area contributed by atoms with Gasteiger partial charge < -0.3 is 10.4 Å². The van der Waals surface area contributed by atoms with Gasteiger partial charge in [-0.3, -0.25) is 4.79 Å². The van der Waals surface area contributed by atoms with Gasteiger partial charge in [0.25, 0.3) is 0 Å². The van der Waals surface area contributed by atoms with Crippen molar-refractivity contribution in [1.29, 1.82) is 0 Å². The first-order valence-electron chi connectivity index (χ1n) is 5.88. The van der Waals surface area contributed by atoms with E-state index < -0.39 is 0 Å². The van der Waals surface area contributed by atoms with E-state index in [0.29, 0.717) is 0 Å². The van der Waals surface area contributed by atoms with Gasteiger partial charge in [0.05, 0.1) is 5.69 Å². The van der Waals surface area contributed by atoms with Crippen LogP contribution in [0.25, 0.3) is 0 Å². The number of anilines is 1. The summed E-state index contributed by atoms with van der Waals surface area (Å²) in [5, 5.41) is 11.6. The molecule has 1 aliphatic rings. The van der Waals surface area contributed by atoms with Gasteiger partial charge in [0, 0.05) is 17.2 Å². The zero-order valence-electron chi connectivity index (χ0n) is 9.98. The first-order chi connectivity index (χ1) is 8.81. The third-order valence-corrected chi connectivity index (χ3v) is 3.95. The van der Waals surface area contributed by atoms with Crippen LogP contribution < -0.4 is 5.32 Å². The molecule has 1 aliphatic heterocycles. The molecule has 94 valence electrons. The highest BCUT2D eigenvalue weighted by Crippen LogP contribution is 2.25. The molecule has 0 bridgehead atoms. The van der Waals surface area contributed by atoms with E-state index in [4.69, 9.17) is 5.11 Å². The average molecular weight is 261 g/mol. The van der Waals surface area contributed by atoms with Gasteiger partial charge in [0.2, 0.25) is 5.91 Å². The Labute approximate surface area is 111 Å². The molecule has 1 saturated heterocycles. The molecular formula is C14H15NO2S. The Hall–Kier alpha value is -1.44. The Morgan fingerprint density at radius 1 is 1.50 bits per heavy atom. The van der Waals surface area contributed by atoms with E-state index in [-0.39, 0.29) is 18.4 Å². The van der Waals surface area contributed by atoms with E-state index in [2.05, 4.69) is 17.2 Å². The molecule has 3 nitrogen and oxygen atoms in total. The number of benzene rings is 1. The monoisotopic (exact) mass is 261 g/mol. The summed E-state index contributed by atoms with van der Waals surface area (Å²) >= 11 is 1.82. The molecule has 0 spiro atoms. The highest BCUT2D eigenvalue weighted by Gasteiger charge is 2.23. The van der Waals surface area contributed by atoms with Crippen LogP contribution in [0.2, 0.25) is 0 Å². The van der Waals surface area contributed by atoms with Crippen LogP contribution in [0.5, 0.6) is 0 Å². The van der Waals surface area contributed by atoms with Crippen molar-refractivity contribution in [1.82, 2.24) is 0 Å². The van der Waals surface area contributed by atoms with E-state index in [1.807, 2.05) is 36.0 Å². The highest BCUT2D eigenvalue weighted by molar-refractivity contribution is 7.99. The summed E-state index contributed by atoms with van der Waals surface area (Å²) in [5.74, 6) is 7.57. The number of aliphatic hydroxyl groups is 1. The molecule has 1 unspecified atom stereocenters. The molecule has 1 aromatic carbocycles. The van der Waals surface area contributed by atoms with E-state index >= 15 is 0 Å². The number of nitrogens with one attached hydrogen (secondary N) is 1. The summed E-state index contributed by atoms with van der Waals surface area (Å²) in [6.07, 6.45) is 0.945. The van der Waals surface area contributed by atoms with Crippen LogP contribution in [-0.2, 0) is 4.79 Å². The van der Waals surface area contributed by atoms with Crippen LogP contribution in [0.15, 0.2) is 24.3 Å². The quantitative estimate of drug-likeness (QED) is 0.797. The molecule has 1 heterocycles. The van der Waals surface area contributed by atoms with Crippen molar-refractivity contribution in [3.8, 4) is 11.8 Å². The number of amides is 1. The first-order valence-corrected chi connectivity index (χ1v) is 7.04. The van der Waals surface area contributed by atoms with Crippen LogP contribution in [-0.4, -0.2) is 29.1 Å². The zero-order chi connectivity index (χ0) is 12.8. The lowest BCUT2D eigenvalue weighted by Gasteiger charge is -2.11. The fourth-order valence-corrected chi connectivity index (χ4v) is 3.03. The molecule has 0 aliphatic carbocycles. The minimum absolute atomic E-state index is 0.0678. The Morgan fingerprint density at radius 3 is 3.06 bits per heavy atom. The Morgan fingerprint density at radius 2 is 2.33 bits per heavy atom. The van der Waals surface area contributed by atoms with E-state index in [0.717, 1.165) is 29.2 Å². The molecule has 18 heavy (non-hydrogen) atoms. The number of para-hydroxylation sites is 1. The molecule has 0 aromatic heterocycles. The van der Waals surface area contributed by atoms with Crippen molar-refractivity contribution in [2.24, 2.45) is 5.92 Å². The SMILES string of the molecule is O=C(Nc1ccccc1C#CCO)C1CCSC1. The van der Waals surface area contributed by atoms with E-state index in [1.165, 1.54) is 0 Å². The second kappa shape index (κ2) is 6.48. The minimum Gasteiger partial charge on any atom is -0.384 e. The normalized spacial score (nSPS) is 17.9. The number of thioether (sulfide) groups is 1. The van der Waals surface area contributed by atoms with Crippen molar-refractivity contribution >= 4 is 23.4 Å². The number of carbonyl (C=O) groups is 1. The topological polar surface area (TPSA) is 49.3 Å². The smallest absolute Gasteiger partial charge is 0.228 e. The maximum atomic E-state index is 12.0. The standard InChI is InChI=1S/C14H15NO2S/c16-8-3-5-11-4-1-2-6-13(11)15-14(17)12-7-9-18-10-12/h1-2,4,6,12,16H,7-10H2,(H,15,17). The van der Waals surface area contributed by atoms with Gasteiger partial charge in [0.1, 0.15) is 6.61 Å². The Bertz CT molecular complexity index is 484. The minimum atomic E-state index is -0.179. The third kappa shape index (κ3) is 3.28. The van der Waals surface area contributed by atoms with Crippen LogP contribution in [0.3, 0.4) is 0 Å².